The van der Waals surface area contributed by atoms with E-state index in [4.69, 9.17) is 9.52 Å². The molecule has 1 heterocycles. The number of hydrogen-bond donors (Lipinski definition) is 3. The summed E-state index contributed by atoms with van der Waals surface area (Å²) in [6.07, 6.45) is 1.76. The number of carboxylic acids is 1. The van der Waals surface area contributed by atoms with Crippen LogP contribution < -0.4 is 10.0 Å². The van der Waals surface area contributed by atoms with Gasteiger partial charge < -0.3 is 14.8 Å². The second-order valence-electron chi connectivity index (χ2n) is 4.80. The molecule has 0 aromatic carbocycles. The Morgan fingerprint density at radius 3 is 2.57 bits per heavy atom. The van der Waals surface area contributed by atoms with Crippen LogP contribution in [0.5, 0.6) is 0 Å². The molecule has 1 amide bonds. The Balaban J connectivity index is 1.91. The maximum atomic E-state index is 12.0. The molecule has 0 saturated heterocycles. The van der Waals surface area contributed by atoms with Crippen LogP contribution in [0.1, 0.15) is 29.2 Å². The van der Waals surface area contributed by atoms with Crippen molar-refractivity contribution in [3.8, 4) is 0 Å². The molecule has 0 bridgehead atoms. The Kier molecular flexibility index (Phi) is 4.33. The number of hydrogen-bond acceptors (Lipinski definition) is 5. The molecule has 1 aromatic rings. The van der Waals surface area contributed by atoms with Crippen molar-refractivity contribution in [2.24, 2.45) is 5.92 Å². The molecule has 1 saturated carbocycles. The Bertz CT molecular complexity index is 659. The van der Waals surface area contributed by atoms with E-state index in [2.05, 4.69) is 10.0 Å². The third-order valence-corrected chi connectivity index (χ3v) is 4.61. The minimum atomic E-state index is -3.86. The molecule has 8 nitrogen and oxygen atoms in total. The van der Waals surface area contributed by atoms with Crippen LogP contribution in [-0.2, 0) is 14.8 Å². The molecule has 21 heavy (non-hydrogen) atoms. The minimum absolute atomic E-state index is 0.00177. The fraction of sp³-hybridized carbons (Fsp3) is 0.500. The maximum absolute atomic E-state index is 12.0. The quantitative estimate of drug-likeness (QED) is 0.612. The number of furan rings is 1. The van der Waals surface area contributed by atoms with Gasteiger partial charge in [-0.05, 0) is 19.8 Å². The smallest absolute Gasteiger partial charge is 0.371 e. The minimum Gasteiger partial charge on any atom is -0.475 e. The highest BCUT2D eigenvalue weighted by Crippen LogP contribution is 2.28. The summed E-state index contributed by atoms with van der Waals surface area (Å²) in [4.78, 5) is 21.9. The van der Waals surface area contributed by atoms with E-state index in [-0.39, 0.29) is 35.6 Å². The largest absolute Gasteiger partial charge is 0.475 e. The van der Waals surface area contributed by atoms with Gasteiger partial charge in [0, 0.05) is 25.1 Å². The maximum Gasteiger partial charge on any atom is 0.371 e. The molecule has 0 spiro atoms. The van der Waals surface area contributed by atoms with Crippen LogP contribution in [0.4, 0.5) is 0 Å². The topological polar surface area (TPSA) is 126 Å². The van der Waals surface area contributed by atoms with Crippen molar-refractivity contribution in [3.05, 3.63) is 17.6 Å². The van der Waals surface area contributed by atoms with E-state index < -0.39 is 21.8 Å². The van der Waals surface area contributed by atoms with Gasteiger partial charge in [-0.3, -0.25) is 4.79 Å². The molecule has 0 atom stereocenters. The van der Waals surface area contributed by atoms with E-state index >= 15 is 0 Å². The number of aromatic carboxylic acids is 1. The number of sulfonamides is 1. The second-order valence-corrected chi connectivity index (χ2v) is 6.53. The van der Waals surface area contributed by atoms with Crippen LogP contribution in [0, 0.1) is 12.8 Å². The standard InChI is InChI=1S/C12H16N2O6S/c1-7-10(6-9(20-7)12(16)17)21(18,19)14-5-4-13-11(15)8-2-3-8/h6,8,14H,2-5H2,1H3,(H,13,15)(H,16,17). The first kappa shape index (κ1) is 15.5. The normalized spacial score (nSPS) is 14.9. The lowest BCUT2D eigenvalue weighted by atomic mass is 10.4. The van der Waals surface area contributed by atoms with Crippen LogP contribution in [-0.4, -0.2) is 38.5 Å². The van der Waals surface area contributed by atoms with E-state index in [0.717, 1.165) is 18.9 Å². The molecule has 0 unspecified atom stereocenters. The monoisotopic (exact) mass is 316 g/mol. The first-order chi connectivity index (χ1) is 9.81. The zero-order chi connectivity index (χ0) is 15.6. The number of carbonyl (C=O) groups is 2. The fourth-order valence-corrected chi connectivity index (χ4v) is 2.98. The van der Waals surface area contributed by atoms with Crippen molar-refractivity contribution in [2.75, 3.05) is 13.1 Å². The molecule has 1 fully saturated rings. The van der Waals surface area contributed by atoms with Gasteiger partial charge in [-0.15, -0.1) is 0 Å². The molecule has 1 aromatic heterocycles. The molecular weight excluding hydrogens is 300 g/mol. The van der Waals surface area contributed by atoms with E-state index in [0.29, 0.717) is 0 Å². The summed E-state index contributed by atoms with van der Waals surface area (Å²) < 4.78 is 31.2. The lowest BCUT2D eigenvalue weighted by Gasteiger charge is -2.06. The number of aryl methyl sites for hydroxylation is 1. The number of nitrogens with one attached hydrogen (secondary N) is 2. The summed E-state index contributed by atoms with van der Waals surface area (Å²) in [6, 6.07) is 0.961. The van der Waals surface area contributed by atoms with Gasteiger partial charge >= 0.3 is 5.97 Å². The summed E-state index contributed by atoms with van der Waals surface area (Å²) in [5.74, 6) is -1.77. The van der Waals surface area contributed by atoms with Gasteiger partial charge in [0.1, 0.15) is 10.7 Å². The van der Waals surface area contributed by atoms with Crippen LogP contribution in [0.15, 0.2) is 15.4 Å². The van der Waals surface area contributed by atoms with Crippen molar-refractivity contribution in [1.82, 2.24) is 10.0 Å². The molecule has 3 N–H and O–H groups in total. The Hall–Kier alpha value is -1.87. The molecule has 1 aliphatic carbocycles. The van der Waals surface area contributed by atoms with Gasteiger partial charge in [-0.25, -0.2) is 17.9 Å². The highest BCUT2D eigenvalue weighted by molar-refractivity contribution is 7.89. The van der Waals surface area contributed by atoms with Crippen LogP contribution in [0.2, 0.25) is 0 Å². The van der Waals surface area contributed by atoms with Crippen molar-refractivity contribution >= 4 is 21.9 Å². The molecule has 1 aliphatic rings. The molecule has 0 aliphatic heterocycles. The number of rotatable bonds is 7. The van der Waals surface area contributed by atoms with Gasteiger partial charge in [0.05, 0.1) is 0 Å². The second kappa shape index (κ2) is 5.86. The van der Waals surface area contributed by atoms with Crippen LogP contribution in [0.25, 0.3) is 0 Å². The average molecular weight is 316 g/mol. The van der Waals surface area contributed by atoms with Crippen molar-refractivity contribution in [1.29, 1.82) is 0 Å². The van der Waals surface area contributed by atoms with Crippen molar-refractivity contribution in [2.45, 2.75) is 24.7 Å². The van der Waals surface area contributed by atoms with E-state index in [1.165, 1.54) is 6.92 Å². The number of amides is 1. The highest BCUT2D eigenvalue weighted by Gasteiger charge is 2.29. The lowest BCUT2D eigenvalue weighted by molar-refractivity contribution is -0.122. The highest BCUT2D eigenvalue weighted by atomic mass is 32.2. The molecule has 116 valence electrons. The van der Waals surface area contributed by atoms with Gasteiger partial charge in [0.15, 0.2) is 0 Å². The van der Waals surface area contributed by atoms with Crippen molar-refractivity contribution in [3.63, 3.8) is 0 Å². The molecule has 0 radical (unpaired) electrons. The summed E-state index contributed by atoms with van der Waals surface area (Å²) in [5.41, 5.74) is 0. The van der Waals surface area contributed by atoms with E-state index in [9.17, 15) is 18.0 Å². The summed E-state index contributed by atoms with van der Waals surface area (Å²) >= 11 is 0. The van der Waals surface area contributed by atoms with E-state index in [1.54, 1.807) is 0 Å². The number of carboxylic acid groups (broad SMARTS) is 1. The lowest BCUT2D eigenvalue weighted by Crippen LogP contribution is -2.35. The van der Waals surface area contributed by atoms with Crippen LogP contribution >= 0.6 is 0 Å². The zero-order valence-corrected chi connectivity index (χ0v) is 12.2. The third kappa shape index (κ3) is 3.82. The Morgan fingerprint density at radius 1 is 1.38 bits per heavy atom. The third-order valence-electron chi connectivity index (χ3n) is 3.04. The molecule has 2 rings (SSSR count). The Labute approximate surface area is 121 Å². The first-order valence-electron chi connectivity index (χ1n) is 6.42. The number of carbonyl (C=O) groups excluding carboxylic acids is 1. The summed E-state index contributed by atoms with van der Waals surface area (Å²) in [7, 11) is -3.86. The molecular formula is C12H16N2O6S. The van der Waals surface area contributed by atoms with Gasteiger partial charge in [-0.2, -0.15) is 0 Å². The summed E-state index contributed by atoms with van der Waals surface area (Å²) in [5, 5.41) is 11.4. The molecule has 9 heteroatoms. The van der Waals surface area contributed by atoms with Crippen LogP contribution in [0.3, 0.4) is 0 Å². The predicted molar refractivity (Wildman–Crippen MR) is 71.3 cm³/mol. The van der Waals surface area contributed by atoms with Crippen molar-refractivity contribution < 1.29 is 27.5 Å². The fourth-order valence-electron chi connectivity index (χ4n) is 1.78. The summed E-state index contributed by atoms with van der Waals surface area (Å²) in [6.45, 7) is 1.57. The van der Waals surface area contributed by atoms with Gasteiger partial charge in [-0.1, -0.05) is 0 Å². The van der Waals surface area contributed by atoms with Gasteiger partial charge in [0.25, 0.3) is 0 Å². The average Bonchev–Trinajstić information content (AvgIpc) is 3.16. The zero-order valence-electron chi connectivity index (χ0n) is 11.4. The Morgan fingerprint density at radius 2 is 2.05 bits per heavy atom. The first-order valence-corrected chi connectivity index (χ1v) is 7.90. The van der Waals surface area contributed by atoms with Gasteiger partial charge in [0.2, 0.25) is 21.7 Å². The predicted octanol–water partition coefficient (Wildman–Crippen LogP) is 0.0907. The SMILES string of the molecule is Cc1oc(C(=O)O)cc1S(=O)(=O)NCCNC(=O)C1CC1. The van der Waals surface area contributed by atoms with E-state index in [1.807, 2.05) is 0 Å².